The highest BCUT2D eigenvalue weighted by Crippen LogP contribution is 2.22. The highest BCUT2D eigenvalue weighted by molar-refractivity contribution is 6.35. The molecule has 0 fully saturated rings. The number of anilines is 1. The van der Waals surface area contributed by atoms with Gasteiger partial charge in [-0.25, -0.2) is 0 Å². The Hall–Kier alpha value is -1.26. The summed E-state index contributed by atoms with van der Waals surface area (Å²) in [4.78, 5) is 22.1. The Morgan fingerprint density at radius 1 is 1.29 bits per heavy atom. The van der Waals surface area contributed by atoms with Crippen molar-refractivity contribution in [1.29, 1.82) is 0 Å². The molecule has 1 amide bonds. The van der Waals surface area contributed by atoms with E-state index in [0.717, 1.165) is 0 Å². The van der Waals surface area contributed by atoms with Crippen LogP contribution >= 0.6 is 23.2 Å². The van der Waals surface area contributed by atoms with Crippen LogP contribution in [0.15, 0.2) is 18.2 Å². The van der Waals surface area contributed by atoms with E-state index in [1.54, 1.807) is 6.07 Å². The highest BCUT2D eigenvalue weighted by atomic mass is 35.5. The topological polar surface area (TPSA) is 66.4 Å². The quantitative estimate of drug-likeness (QED) is 0.888. The molecule has 0 aliphatic carbocycles. The first kappa shape index (κ1) is 13.8. The lowest BCUT2D eigenvalue weighted by molar-refractivity contribution is -0.142. The average molecular weight is 276 g/mol. The van der Waals surface area contributed by atoms with Crippen molar-refractivity contribution < 1.29 is 14.7 Å². The number of amides is 1. The molecule has 1 aromatic rings. The number of carbonyl (C=O) groups is 2. The minimum Gasteiger partial charge on any atom is -0.481 e. The third kappa shape index (κ3) is 4.63. The molecule has 4 nitrogen and oxygen atoms in total. The van der Waals surface area contributed by atoms with Crippen molar-refractivity contribution in [3.63, 3.8) is 0 Å². The molecule has 0 spiro atoms. The van der Waals surface area contributed by atoms with E-state index in [-0.39, 0.29) is 6.42 Å². The molecule has 0 bridgehead atoms. The molecule has 6 heteroatoms. The molecule has 0 saturated carbocycles. The summed E-state index contributed by atoms with van der Waals surface area (Å²) in [7, 11) is 0. The van der Waals surface area contributed by atoms with E-state index in [0.29, 0.717) is 15.7 Å². The van der Waals surface area contributed by atoms with Crippen LogP contribution in [0.1, 0.15) is 13.3 Å². The van der Waals surface area contributed by atoms with Crippen molar-refractivity contribution in [2.45, 2.75) is 13.3 Å². The Labute approximate surface area is 109 Å². The molecule has 17 heavy (non-hydrogen) atoms. The van der Waals surface area contributed by atoms with Gasteiger partial charge in [0.15, 0.2) is 0 Å². The molecule has 1 aromatic carbocycles. The Kier molecular flexibility index (Phi) is 4.78. The summed E-state index contributed by atoms with van der Waals surface area (Å²) in [5.41, 5.74) is 0.449. The van der Waals surface area contributed by atoms with Crippen molar-refractivity contribution in [1.82, 2.24) is 0 Å². The predicted octanol–water partition coefficient (Wildman–Crippen LogP) is 3.04. The summed E-state index contributed by atoms with van der Waals surface area (Å²) >= 11 is 11.5. The van der Waals surface area contributed by atoms with Crippen molar-refractivity contribution in [3.05, 3.63) is 28.2 Å². The largest absolute Gasteiger partial charge is 0.481 e. The molecular weight excluding hydrogens is 265 g/mol. The van der Waals surface area contributed by atoms with Gasteiger partial charge in [-0.2, -0.15) is 0 Å². The molecule has 92 valence electrons. The number of rotatable bonds is 4. The number of benzene rings is 1. The first-order chi connectivity index (χ1) is 7.88. The molecule has 1 atom stereocenters. The van der Waals surface area contributed by atoms with Gasteiger partial charge in [0, 0.05) is 22.2 Å². The molecule has 1 unspecified atom stereocenters. The molecule has 0 heterocycles. The second kappa shape index (κ2) is 5.89. The minimum absolute atomic E-state index is 0.0978. The summed E-state index contributed by atoms with van der Waals surface area (Å²) in [5.74, 6) is -2.13. The van der Waals surface area contributed by atoms with E-state index in [4.69, 9.17) is 28.3 Å². The maximum atomic E-state index is 11.5. The van der Waals surface area contributed by atoms with E-state index in [1.807, 2.05) is 0 Å². The van der Waals surface area contributed by atoms with Crippen LogP contribution in [0.25, 0.3) is 0 Å². The SMILES string of the molecule is CC(CC(=O)Nc1cc(Cl)cc(Cl)c1)C(=O)O. The van der Waals surface area contributed by atoms with Gasteiger partial charge in [0.1, 0.15) is 0 Å². The second-order valence-corrected chi connectivity index (χ2v) is 4.52. The summed E-state index contributed by atoms with van der Waals surface area (Å²) in [5, 5.41) is 12.0. The van der Waals surface area contributed by atoms with Gasteiger partial charge < -0.3 is 10.4 Å². The van der Waals surface area contributed by atoms with Crippen molar-refractivity contribution in [3.8, 4) is 0 Å². The van der Waals surface area contributed by atoms with Gasteiger partial charge in [0.25, 0.3) is 0 Å². The minimum atomic E-state index is -1.01. The van der Waals surface area contributed by atoms with Gasteiger partial charge in [-0.15, -0.1) is 0 Å². The van der Waals surface area contributed by atoms with Crippen LogP contribution in [-0.4, -0.2) is 17.0 Å². The lowest BCUT2D eigenvalue weighted by atomic mass is 10.1. The first-order valence-corrected chi connectivity index (χ1v) is 5.63. The number of carbonyl (C=O) groups excluding carboxylic acids is 1. The summed E-state index contributed by atoms with van der Waals surface area (Å²) in [6.07, 6.45) is -0.0978. The van der Waals surface area contributed by atoms with E-state index in [2.05, 4.69) is 5.32 Å². The maximum absolute atomic E-state index is 11.5. The summed E-state index contributed by atoms with van der Waals surface area (Å²) in [6, 6.07) is 4.62. The molecule has 0 aromatic heterocycles. The monoisotopic (exact) mass is 275 g/mol. The van der Waals surface area contributed by atoms with Crippen LogP contribution in [0.3, 0.4) is 0 Å². The number of carboxylic acid groups (broad SMARTS) is 1. The molecule has 2 N–H and O–H groups in total. The normalized spacial score (nSPS) is 11.9. The zero-order chi connectivity index (χ0) is 13.0. The summed E-state index contributed by atoms with van der Waals surface area (Å²) in [6.45, 7) is 1.47. The molecule has 0 aliphatic rings. The average Bonchev–Trinajstić information content (AvgIpc) is 2.14. The second-order valence-electron chi connectivity index (χ2n) is 3.65. The van der Waals surface area contributed by atoms with Crippen LogP contribution in [0.4, 0.5) is 5.69 Å². The van der Waals surface area contributed by atoms with Crippen LogP contribution < -0.4 is 5.32 Å². The number of carboxylic acids is 1. The predicted molar refractivity (Wildman–Crippen MR) is 66.5 cm³/mol. The van der Waals surface area contributed by atoms with E-state index in [1.165, 1.54) is 19.1 Å². The zero-order valence-electron chi connectivity index (χ0n) is 9.04. The van der Waals surface area contributed by atoms with Gasteiger partial charge in [0.2, 0.25) is 5.91 Å². The maximum Gasteiger partial charge on any atom is 0.306 e. The number of hydrogen-bond acceptors (Lipinski definition) is 2. The van der Waals surface area contributed by atoms with Gasteiger partial charge in [0.05, 0.1) is 5.92 Å². The number of aliphatic carboxylic acids is 1. The Balaban J connectivity index is 2.65. The van der Waals surface area contributed by atoms with Crippen LogP contribution in [0.2, 0.25) is 10.0 Å². The standard InChI is InChI=1S/C11H11Cl2NO3/c1-6(11(16)17)2-10(15)14-9-4-7(12)3-8(13)5-9/h3-6H,2H2,1H3,(H,14,15)(H,16,17). The van der Waals surface area contributed by atoms with E-state index in [9.17, 15) is 9.59 Å². The van der Waals surface area contributed by atoms with Gasteiger partial charge in [-0.3, -0.25) is 9.59 Å². The van der Waals surface area contributed by atoms with Crippen LogP contribution in [-0.2, 0) is 9.59 Å². The molecule has 1 rings (SSSR count). The fraction of sp³-hybridized carbons (Fsp3) is 0.273. The highest BCUT2D eigenvalue weighted by Gasteiger charge is 2.15. The lowest BCUT2D eigenvalue weighted by Crippen LogP contribution is -2.19. The zero-order valence-corrected chi connectivity index (χ0v) is 10.5. The number of halogens is 2. The summed E-state index contributed by atoms with van der Waals surface area (Å²) < 4.78 is 0. The fourth-order valence-corrected chi connectivity index (χ4v) is 1.73. The molecular formula is C11H11Cl2NO3. The van der Waals surface area contributed by atoms with E-state index >= 15 is 0 Å². The van der Waals surface area contributed by atoms with Crippen LogP contribution in [0.5, 0.6) is 0 Å². The third-order valence-corrected chi connectivity index (χ3v) is 2.50. The Morgan fingerprint density at radius 2 is 1.82 bits per heavy atom. The Morgan fingerprint density at radius 3 is 2.29 bits per heavy atom. The Bertz CT molecular complexity index is 428. The van der Waals surface area contributed by atoms with Gasteiger partial charge >= 0.3 is 5.97 Å². The molecule has 0 saturated heterocycles. The third-order valence-electron chi connectivity index (χ3n) is 2.06. The first-order valence-electron chi connectivity index (χ1n) is 4.87. The number of nitrogens with one attached hydrogen (secondary N) is 1. The van der Waals surface area contributed by atoms with E-state index < -0.39 is 17.8 Å². The lowest BCUT2D eigenvalue weighted by Gasteiger charge is -2.08. The van der Waals surface area contributed by atoms with Crippen molar-refractivity contribution in [2.24, 2.45) is 5.92 Å². The molecule has 0 radical (unpaired) electrons. The fourth-order valence-electron chi connectivity index (χ4n) is 1.20. The van der Waals surface area contributed by atoms with Crippen LogP contribution in [0, 0.1) is 5.92 Å². The van der Waals surface area contributed by atoms with Crippen molar-refractivity contribution >= 4 is 40.8 Å². The smallest absolute Gasteiger partial charge is 0.306 e. The number of hydrogen-bond donors (Lipinski definition) is 2. The van der Waals surface area contributed by atoms with Crippen molar-refractivity contribution in [2.75, 3.05) is 5.32 Å². The molecule has 0 aliphatic heterocycles. The van der Waals surface area contributed by atoms with Gasteiger partial charge in [-0.1, -0.05) is 30.1 Å². The van der Waals surface area contributed by atoms with Gasteiger partial charge in [-0.05, 0) is 18.2 Å².